The zero-order valence-corrected chi connectivity index (χ0v) is 16.9. The SMILES string of the molecule is OC[C@H](O)c1cnc(-c2ccc3c(Nc4ccc(C(F)(F)F)cn4)nccc3n2)c(Cl)c1. The van der Waals surface area contributed by atoms with Gasteiger partial charge >= 0.3 is 6.18 Å². The molecule has 0 saturated carbocycles. The van der Waals surface area contributed by atoms with Gasteiger partial charge in [0.2, 0.25) is 0 Å². The van der Waals surface area contributed by atoms with E-state index in [4.69, 9.17) is 16.7 Å². The first-order chi connectivity index (χ1) is 15.3. The van der Waals surface area contributed by atoms with Crippen LogP contribution < -0.4 is 5.32 Å². The van der Waals surface area contributed by atoms with Gasteiger partial charge in [-0.15, -0.1) is 0 Å². The Bertz CT molecular complexity index is 1270. The summed E-state index contributed by atoms with van der Waals surface area (Å²) in [7, 11) is 0. The van der Waals surface area contributed by atoms with Crippen LogP contribution in [0.15, 0.2) is 55.0 Å². The number of aromatic nitrogens is 4. The molecule has 7 nitrogen and oxygen atoms in total. The lowest BCUT2D eigenvalue weighted by molar-refractivity contribution is -0.137. The molecule has 0 saturated heterocycles. The topological polar surface area (TPSA) is 104 Å². The summed E-state index contributed by atoms with van der Waals surface area (Å²) in [4.78, 5) is 16.8. The Hall–Kier alpha value is -3.34. The van der Waals surface area contributed by atoms with Crippen molar-refractivity contribution in [2.75, 3.05) is 11.9 Å². The fourth-order valence-corrected chi connectivity index (χ4v) is 3.24. The molecule has 4 heterocycles. The largest absolute Gasteiger partial charge is 0.417 e. The first-order valence-electron chi connectivity index (χ1n) is 9.27. The predicted octanol–water partition coefficient (Wildman–Crippen LogP) is 4.53. The van der Waals surface area contributed by atoms with Gasteiger partial charge in [-0.1, -0.05) is 11.6 Å². The maximum atomic E-state index is 12.7. The Morgan fingerprint density at radius 3 is 2.50 bits per heavy atom. The maximum absolute atomic E-state index is 12.7. The van der Waals surface area contributed by atoms with Gasteiger partial charge in [-0.25, -0.2) is 15.0 Å². The minimum atomic E-state index is -4.47. The van der Waals surface area contributed by atoms with Gasteiger partial charge in [0, 0.05) is 29.5 Å². The van der Waals surface area contributed by atoms with E-state index < -0.39 is 24.5 Å². The van der Waals surface area contributed by atoms with Gasteiger partial charge in [-0.05, 0) is 36.4 Å². The Morgan fingerprint density at radius 1 is 1.03 bits per heavy atom. The zero-order valence-electron chi connectivity index (χ0n) is 16.2. The van der Waals surface area contributed by atoms with Crippen LogP contribution in [0, 0.1) is 0 Å². The number of aliphatic hydroxyl groups is 2. The highest BCUT2D eigenvalue weighted by atomic mass is 35.5. The molecule has 0 amide bonds. The number of fused-ring (bicyclic) bond motifs is 1. The zero-order chi connectivity index (χ0) is 22.9. The van der Waals surface area contributed by atoms with E-state index in [2.05, 4.69) is 25.3 Å². The van der Waals surface area contributed by atoms with Crippen molar-refractivity contribution >= 4 is 34.1 Å². The summed E-state index contributed by atoms with van der Waals surface area (Å²) in [6, 6.07) is 8.73. The average Bonchev–Trinajstić information content (AvgIpc) is 2.78. The lowest BCUT2D eigenvalue weighted by atomic mass is 10.1. The summed E-state index contributed by atoms with van der Waals surface area (Å²) in [6.07, 6.45) is -1.90. The minimum Gasteiger partial charge on any atom is -0.393 e. The first-order valence-corrected chi connectivity index (χ1v) is 9.65. The molecule has 164 valence electrons. The molecule has 0 spiro atoms. The number of nitrogens with one attached hydrogen (secondary N) is 1. The smallest absolute Gasteiger partial charge is 0.393 e. The standard InChI is InChI=1S/C21H15ClF3N5O2/c22-14-7-11(17(32)10-31)8-28-19(14)16-3-2-13-15(29-16)5-6-26-20(13)30-18-4-1-12(9-27-18)21(23,24)25/h1-9,17,31-32H,10H2,(H,26,27,30)/t17-/m0/s1. The van der Waals surface area contributed by atoms with Crippen LogP contribution >= 0.6 is 11.6 Å². The van der Waals surface area contributed by atoms with Crippen LogP contribution in [0.1, 0.15) is 17.2 Å². The molecule has 4 aromatic rings. The van der Waals surface area contributed by atoms with E-state index in [9.17, 15) is 18.3 Å². The molecule has 0 aliphatic heterocycles. The van der Waals surface area contributed by atoms with Crippen LogP contribution in [-0.4, -0.2) is 36.8 Å². The first kappa shape index (κ1) is 21.9. The monoisotopic (exact) mass is 461 g/mol. The Labute approximate surface area is 184 Å². The summed E-state index contributed by atoms with van der Waals surface area (Å²) < 4.78 is 38.2. The second-order valence-corrected chi connectivity index (χ2v) is 7.18. The number of pyridine rings is 4. The highest BCUT2D eigenvalue weighted by Crippen LogP contribution is 2.31. The third kappa shape index (κ3) is 4.47. The predicted molar refractivity (Wildman–Crippen MR) is 112 cm³/mol. The van der Waals surface area contributed by atoms with E-state index in [0.717, 1.165) is 12.3 Å². The third-order valence-electron chi connectivity index (χ3n) is 4.62. The van der Waals surface area contributed by atoms with Crippen molar-refractivity contribution in [2.24, 2.45) is 0 Å². The van der Waals surface area contributed by atoms with Crippen LogP contribution in [0.5, 0.6) is 0 Å². The molecular formula is C21H15ClF3N5O2. The number of hydrogen-bond donors (Lipinski definition) is 3. The molecule has 0 bridgehead atoms. The minimum absolute atomic E-state index is 0.199. The number of aliphatic hydroxyl groups excluding tert-OH is 2. The van der Waals surface area contributed by atoms with Gasteiger partial charge in [0.25, 0.3) is 0 Å². The van der Waals surface area contributed by atoms with Crippen LogP contribution in [0.4, 0.5) is 24.8 Å². The van der Waals surface area contributed by atoms with E-state index >= 15 is 0 Å². The van der Waals surface area contributed by atoms with Crippen LogP contribution in [0.25, 0.3) is 22.3 Å². The molecule has 11 heteroatoms. The van der Waals surface area contributed by atoms with Gasteiger partial charge in [0.1, 0.15) is 23.4 Å². The van der Waals surface area contributed by atoms with E-state index in [0.29, 0.717) is 33.7 Å². The molecule has 4 aromatic heterocycles. The molecule has 0 radical (unpaired) electrons. The second kappa shape index (κ2) is 8.65. The molecule has 3 N–H and O–H groups in total. The molecule has 0 unspecified atom stereocenters. The molecule has 32 heavy (non-hydrogen) atoms. The number of halogens is 4. The van der Waals surface area contributed by atoms with Crippen molar-refractivity contribution in [3.63, 3.8) is 0 Å². The average molecular weight is 462 g/mol. The van der Waals surface area contributed by atoms with E-state index in [1.165, 1.54) is 24.5 Å². The van der Waals surface area contributed by atoms with Crippen molar-refractivity contribution in [1.29, 1.82) is 0 Å². The van der Waals surface area contributed by atoms with Crippen molar-refractivity contribution in [3.8, 4) is 11.4 Å². The van der Waals surface area contributed by atoms with Crippen molar-refractivity contribution in [3.05, 3.63) is 71.1 Å². The highest BCUT2D eigenvalue weighted by molar-refractivity contribution is 6.33. The number of hydrogen-bond acceptors (Lipinski definition) is 7. The fourth-order valence-electron chi connectivity index (χ4n) is 2.97. The summed E-state index contributed by atoms with van der Waals surface area (Å²) >= 11 is 6.29. The lowest BCUT2D eigenvalue weighted by Gasteiger charge is -2.11. The summed E-state index contributed by atoms with van der Waals surface area (Å²) in [5.74, 6) is 0.569. The summed E-state index contributed by atoms with van der Waals surface area (Å²) in [6.45, 7) is -0.456. The van der Waals surface area contributed by atoms with Crippen molar-refractivity contribution in [1.82, 2.24) is 19.9 Å². The molecular weight excluding hydrogens is 447 g/mol. The van der Waals surface area contributed by atoms with Crippen LogP contribution in [0.2, 0.25) is 5.02 Å². The van der Waals surface area contributed by atoms with Crippen LogP contribution in [0.3, 0.4) is 0 Å². The molecule has 4 rings (SSSR count). The molecule has 1 atom stereocenters. The lowest BCUT2D eigenvalue weighted by Crippen LogP contribution is -2.06. The Balaban J connectivity index is 1.64. The number of anilines is 2. The van der Waals surface area contributed by atoms with Gasteiger partial charge in [-0.2, -0.15) is 13.2 Å². The van der Waals surface area contributed by atoms with Gasteiger partial charge in [0.05, 0.1) is 28.4 Å². The quantitative estimate of drug-likeness (QED) is 0.401. The molecule has 0 fully saturated rings. The highest BCUT2D eigenvalue weighted by Gasteiger charge is 2.30. The molecule has 0 aromatic carbocycles. The summed E-state index contributed by atoms with van der Waals surface area (Å²) in [5.41, 5.74) is 0.934. The molecule has 0 aliphatic carbocycles. The van der Waals surface area contributed by atoms with Gasteiger partial charge < -0.3 is 15.5 Å². The number of rotatable bonds is 5. The Morgan fingerprint density at radius 2 is 1.84 bits per heavy atom. The van der Waals surface area contributed by atoms with Crippen molar-refractivity contribution in [2.45, 2.75) is 12.3 Å². The van der Waals surface area contributed by atoms with Crippen LogP contribution in [-0.2, 0) is 6.18 Å². The van der Waals surface area contributed by atoms with Gasteiger partial charge in [0.15, 0.2) is 0 Å². The van der Waals surface area contributed by atoms with E-state index in [1.807, 2.05) is 0 Å². The third-order valence-corrected chi connectivity index (χ3v) is 4.90. The van der Waals surface area contributed by atoms with Crippen molar-refractivity contribution < 1.29 is 23.4 Å². The molecule has 0 aliphatic rings. The van der Waals surface area contributed by atoms with E-state index in [1.54, 1.807) is 18.2 Å². The van der Waals surface area contributed by atoms with E-state index in [-0.39, 0.29) is 10.8 Å². The fraction of sp³-hybridized carbons (Fsp3) is 0.143. The normalized spacial score (nSPS) is 12.7. The van der Waals surface area contributed by atoms with Gasteiger partial charge in [-0.3, -0.25) is 4.98 Å². The summed E-state index contributed by atoms with van der Waals surface area (Å²) in [5, 5.41) is 22.6. The second-order valence-electron chi connectivity index (χ2n) is 6.78. The number of nitrogens with zero attached hydrogens (tertiary/aromatic N) is 4. The number of alkyl halides is 3. The maximum Gasteiger partial charge on any atom is 0.417 e. The Kier molecular flexibility index (Phi) is 5.92.